The second kappa shape index (κ2) is 3.13. The van der Waals surface area contributed by atoms with Gasteiger partial charge in [0, 0.05) is 6.08 Å². The first kappa shape index (κ1) is 9.04. The SMILES string of the molecule is CC1(C)C=C/C(=C/C(=O)O)CC1. The highest BCUT2D eigenvalue weighted by Crippen LogP contribution is 2.31. The molecule has 66 valence electrons. The quantitative estimate of drug-likeness (QED) is 0.607. The number of hydrogen-bond acceptors (Lipinski definition) is 1. The van der Waals surface area contributed by atoms with Gasteiger partial charge in [0.05, 0.1) is 0 Å². The van der Waals surface area contributed by atoms with Crippen LogP contribution >= 0.6 is 0 Å². The second-order valence-electron chi connectivity index (χ2n) is 3.88. The van der Waals surface area contributed by atoms with Crippen LogP contribution in [0.25, 0.3) is 0 Å². The topological polar surface area (TPSA) is 37.3 Å². The highest BCUT2D eigenvalue weighted by atomic mass is 16.4. The molecule has 0 amide bonds. The van der Waals surface area contributed by atoms with Crippen LogP contribution in [-0.2, 0) is 4.79 Å². The summed E-state index contributed by atoms with van der Waals surface area (Å²) in [5.74, 6) is -0.852. The standard InChI is InChI=1S/C10H14O2/c1-10(2)5-3-8(4-6-10)7-9(11)12/h3,5,7H,4,6H2,1-2H3,(H,11,12)/b8-7-. The van der Waals surface area contributed by atoms with E-state index in [0.29, 0.717) is 0 Å². The number of carbonyl (C=O) groups is 1. The number of rotatable bonds is 1. The van der Waals surface area contributed by atoms with Crippen LogP contribution in [0.5, 0.6) is 0 Å². The van der Waals surface area contributed by atoms with Crippen LogP contribution in [0.4, 0.5) is 0 Å². The van der Waals surface area contributed by atoms with Crippen LogP contribution in [-0.4, -0.2) is 11.1 Å². The van der Waals surface area contributed by atoms with Gasteiger partial charge in [0.25, 0.3) is 0 Å². The zero-order valence-electron chi connectivity index (χ0n) is 7.50. The monoisotopic (exact) mass is 166 g/mol. The molecule has 0 aromatic carbocycles. The minimum absolute atomic E-state index is 0.232. The van der Waals surface area contributed by atoms with Gasteiger partial charge in [-0.2, -0.15) is 0 Å². The molecule has 0 fully saturated rings. The maximum Gasteiger partial charge on any atom is 0.328 e. The van der Waals surface area contributed by atoms with Crippen molar-refractivity contribution in [1.82, 2.24) is 0 Å². The van der Waals surface area contributed by atoms with Crippen LogP contribution in [0.2, 0.25) is 0 Å². The largest absolute Gasteiger partial charge is 0.478 e. The fraction of sp³-hybridized carbons (Fsp3) is 0.500. The molecule has 0 bridgehead atoms. The third-order valence-corrected chi connectivity index (χ3v) is 2.12. The molecule has 2 heteroatoms. The van der Waals surface area contributed by atoms with Gasteiger partial charge in [-0.25, -0.2) is 4.79 Å². The summed E-state index contributed by atoms with van der Waals surface area (Å²) in [5, 5.41) is 8.49. The van der Waals surface area contributed by atoms with E-state index in [1.807, 2.05) is 6.08 Å². The number of carboxylic acid groups (broad SMARTS) is 1. The Hall–Kier alpha value is -1.05. The number of aliphatic carboxylic acids is 1. The number of carboxylic acids is 1. The molecular formula is C10H14O2. The molecule has 0 heterocycles. The minimum atomic E-state index is -0.852. The van der Waals surface area contributed by atoms with E-state index in [1.54, 1.807) is 0 Å². The molecular weight excluding hydrogens is 152 g/mol. The lowest BCUT2D eigenvalue weighted by molar-refractivity contribution is -0.131. The van der Waals surface area contributed by atoms with Crippen LogP contribution in [0.15, 0.2) is 23.8 Å². The lowest BCUT2D eigenvalue weighted by Gasteiger charge is -2.24. The van der Waals surface area contributed by atoms with Crippen LogP contribution in [0.1, 0.15) is 26.7 Å². The van der Waals surface area contributed by atoms with Crippen LogP contribution in [0, 0.1) is 5.41 Å². The third-order valence-electron chi connectivity index (χ3n) is 2.12. The van der Waals surface area contributed by atoms with Crippen molar-refractivity contribution in [3.63, 3.8) is 0 Å². The molecule has 0 aromatic rings. The van der Waals surface area contributed by atoms with Gasteiger partial charge in [0.2, 0.25) is 0 Å². The van der Waals surface area contributed by atoms with Crippen molar-refractivity contribution >= 4 is 5.97 Å². The predicted molar refractivity (Wildman–Crippen MR) is 47.9 cm³/mol. The Morgan fingerprint density at radius 1 is 1.67 bits per heavy atom. The lowest BCUT2D eigenvalue weighted by Crippen LogP contribution is -2.11. The molecule has 2 nitrogen and oxygen atoms in total. The van der Waals surface area contributed by atoms with E-state index in [-0.39, 0.29) is 5.41 Å². The Morgan fingerprint density at radius 2 is 2.33 bits per heavy atom. The summed E-state index contributed by atoms with van der Waals surface area (Å²) in [4.78, 5) is 10.3. The van der Waals surface area contributed by atoms with Crippen LogP contribution in [0.3, 0.4) is 0 Å². The molecule has 0 unspecified atom stereocenters. The predicted octanol–water partition coefficient (Wildman–Crippen LogP) is 2.37. The van der Waals surface area contributed by atoms with Gasteiger partial charge in [-0.05, 0) is 23.8 Å². The summed E-state index contributed by atoms with van der Waals surface area (Å²) in [6.07, 6.45) is 7.17. The zero-order valence-corrected chi connectivity index (χ0v) is 7.50. The fourth-order valence-corrected chi connectivity index (χ4v) is 1.24. The Labute approximate surface area is 72.6 Å². The zero-order chi connectivity index (χ0) is 9.19. The Morgan fingerprint density at radius 3 is 2.75 bits per heavy atom. The van der Waals surface area contributed by atoms with E-state index in [2.05, 4.69) is 19.9 Å². The van der Waals surface area contributed by atoms with Crippen molar-refractivity contribution < 1.29 is 9.90 Å². The average Bonchev–Trinajstić information content (AvgIpc) is 1.93. The lowest BCUT2D eigenvalue weighted by atomic mass is 9.81. The highest BCUT2D eigenvalue weighted by Gasteiger charge is 2.18. The van der Waals surface area contributed by atoms with E-state index in [4.69, 9.17) is 5.11 Å². The fourth-order valence-electron chi connectivity index (χ4n) is 1.24. The maximum absolute atomic E-state index is 10.3. The van der Waals surface area contributed by atoms with Crippen molar-refractivity contribution in [3.8, 4) is 0 Å². The Balaban J connectivity index is 2.72. The van der Waals surface area contributed by atoms with Gasteiger partial charge >= 0.3 is 5.97 Å². The highest BCUT2D eigenvalue weighted by molar-refractivity contribution is 5.81. The molecule has 0 atom stereocenters. The van der Waals surface area contributed by atoms with Crippen molar-refractivity contribution in [2.24, 2.45) is 5.41 Å². The summed E-state index contributed by atoms with van der Waals surface area (Å²) >= 11 is 0. The van der Waals surface area contributed by atoms with Gasteiger partial charge < -0.3 is 5.11 Å². The van der Waals surface area contributed by atoms with E-state index in [0.717, 1.165) is 18.4 Å². The molecule has 0 saturated heterocycles. The van der Waals surface area contributed by atoms with Gasteiger partial charge in [0.15, 0.2) is 0 Å². The molecule has 0 saturated carbocycles. The van der Waals surface area contributed by atoms with E-state index < -0.39 is 5.97 Å². The number of allylic oxidation sites excluding steroid dienone is 3. The molecule has 0 aromatic heterocycles. The van der Waals surface area contributed by atoms with Crippen molar-refractivity contribution in [3.05, 3.63) is 23.8 Å². The van der Waals surface area contributed by atoms with Crippen molar-refractivity contribution in [1.29, 1.82) is 0 Å². The summed E-state index contributed by atoms with van der Waals surface area (Å²) in [7, 11) is 0. The first-order chi connectivity index (χ1) is 5.49. The molecule has 1 N–H and O–H groups in total. The van der Waals surface area contributed by atoms with Gasteiger partial charge in [-0.1, -0.05) is 26.0 Å². The van der Waals surface area contributed by atoms with Crippen molar-refractivity contribution in [2.75, 3.05) is 0 Å². The maximum atomic E-state index is 10.3. The number of hydrogen-bond donors (Lipinski definition) is 1. The first-order valence-corrected chi connectivity index (χ1v) is 4.12. The second-order valence-corrected chi connectivity index (χ2v) is 3.88. The molecule has 1 rings (SSSR count). The molecule has 0 radical (unpaired) electrons. The van der Waals surface area contributed by atoms with Crippen LogP contribution < -0.4 is 0 Å². The van der Waals surface area contributed by atoms with Gasteiger partial charge in [-0.15, -0.1) is 0 Å². The van der Waals surface area contributed by atoms with E-state index in [9.17, 15) is 4.79 Å². The molecule has 0 aliphatic heterocycles. The summed E-state index contributed by atoms with van der Waals surface area (Å²) < 4.78 is 0. The smallest absolute Gasteiger partial charge is 0.328 e. The van der Waals surface area contributed by atoms with Crippen molar-refractivity contribution in [2.45, 2.75) is 26.7 Å². The van der Waals surface area contributed by atoms with E-state index >= 15 is 0 Å². The summed E-state index contributed by atoms with van der Waals surface area (Å²) in [6.45, 7) is 4.31. The Bertz CT molecular complexity index is 247. The minimum Gasteiger partial charge on any atom is -0.478 e. The normalized spacial score (nSPS) is 24.3. The van der Waals surface area contributed by atoms with E-state index in [1.165, 1.54) is 6.08 Å². The summed E-state index contributed by atoms with van der Waals surface area (Å²) in [6, 6.07) is 0. The van der Waals surface area contributed by atoms with Gasteiger partial charge in [-0.3, -0.25) is 0 Å². The molecule has 12 heavy (non-hydrogen) atoms. The van der Waals surface area contributed by atoms with Gasteiger partial charge in [0.1, 0.15) is 0 Å². The summed E-state index contributed by atoms with van der Waals surface area (Å²) in [5.41, 5.74) is 1.15. The molecule has 0 spiro atoms. The third kappa shape index (κ3) is 2.53. The average molecular weight is 166 g/mol. The molecule has 1 aliphatic carbocycles. The first-order valence-electron chi connectivity index (χ1n) is 4.12. The Kier molecular flexibility index (Phi) is 2.36. The molecule has 1 aliphatic rings.